The highest BCUT2D eigenvalue weighted by Gasteiger charge is 2.13. The first-order chi connectivity index (χ1) is 24.2. The topological polar surface area (TPSA) is 55.8 Å². The summed E-state index contributed by atoms with van der Waals surface area (Å²) in [6.07, 6.45) is 51.4. The van der Waals surface area contributed by atoms with Crippen molar-refractivity contribution < 1.29 is 19.4 Å². The Labute approximate surface area is 307 Å². The number of hydrogen-bond acceptors (Lipinski definition) is 4. The summed E-state index contributed by atoms with van der Waals surface area (Å²) in [6, 6.07) is 0. The van der Waals surface area contributed by atoms with Gasteiger partial charge in [-0.3, -0.25) is 4.79 Å². The maximum atomic E-state index is 12.2. The second kappa shape index (κ2) is 43.3. The molecule has 1 atom stereocenters. The number of unbranched alkanes of at least 4 members (excludes halogenated alkanes) is 32. The van der Waals surface area contributed by atoms with Crippen LogP contribution in [0.3, 0.4) is 0 Å². The number of aliphatic hydroxyl groups excluding tert-OH is 1. The van der Waals surface area contributed by atoms with E-state index in [1.54, 1.807) is 0 Å². The molecule has 0 aliphatic heterocycles. The summed E-state index contributed by atoms with van der Waals surface area (Å²) in [5, 5.41) is 9.60. The molecule has 49 heavy (non-hydrogen) atoms. The Hall–Kier alpha value is -0.870. The van der Waals surface area contributed by atoms with Crippen LogP contribution < -0.4 is 0 Å². The highest BCUT2D eigenvalue weighted by Crippen LogP contribution is 2.16. The molecule has 0 fully saturated rings. The Kier molecular flexibility index (Phi) is 42.5. The van der Waals surface area contributed by atoms with Crippen molar-refractivity contribution >= 4 is 5.97 Å². The summed E-state index contributed by atoms with van der Waals surface area (Å²) in [5.41, 5.74) is 0. The summed E-state index contributed by atoms with van der Waals surface area (Å²) in [6.45, 7) is 5.38. The molecule has 4 nitrogen and oxygen atoms in total. The van der Waals surface area contributed by atoms with E-state index >= 15 is 0 Å². The maximum Gasteiger partial charge on any atom is 0.306 e. The number of rotatable bonds is 42. The van der Waals surface area contributed by atoms with Crippen LogP contribution in [0.2, 0.25) is 0 Å². The van der Waals surface area contributed by atoms with Gasteiger partial charge in [0.1, 0.15) is 6.10 Å². The summed E-state index contributed by atoms with van der Waals surface area (Å²) < 4.78 is 11.2. The molecule has 0 spiro atoms. The third kappa shape index (κ3) is 41.4. The minimum Gasteiger partial charge on any atom is -0.457 e. The average molecular weight is 693 g/mol. The molecule has 0 aliphatic carbocycles. The van der Waals surface area contributed by atoms with Crippen molar-refractivity contribution in [2.24, 2.45) is 0 Å². The van der Waals surface area contributed by atoms with Gasteiger partial charge in [0.05, 0.1) is 13.2 Å². The van der Waals surface area contributed by atoms with Crippen molar-refractivity contribution in [3.63, 3.8) is 0 Å². The van der Waals surface area contributed by atoms with Crippen LogP contribution in [0.5, 0.6) is 0 Å². The molecule has 0 saturated carbocycles. The maximum absolute atomic E-state index is 12.2. The zero-order valence-corrected chi connectivity index (χ0v) is 33.5. The monoisotopic (exact) mass is 693 g/mol. The van der Waals surface area contributed by atoms with Crippen LogP contribution in [0.4, 0.5) is 0 Å². The summed E-state index contributed by atoms with van der Waals surface area (Å²) in [5.74, 6) is -0.204. The van der Waals surface area contributed by atoms with Crippen molar-refractivity contribution in [1.29, 1.82) is 0 Å². The van der Waals surface area contributed by atoms with E-state index < -0.39 is 6.10 Å². The van der Waals surface area contributed by atoms with Gasteiger partial charge in [-0.15, -0.1) is 0 Å². The third-order valence-electron chi connectivity index (χ3n) is 10.1. The highest BCUT2D eigenvalue weighted by atomic mass is 16.6. The van der Waals surface area contributed by atoms with E-state index in [0.29, 0.717) is 19.6 Å². The smallest absolute Gasteiger partial charge is 0.306 e. The van der Waals surface area contributed by atoms with E-state index in [1.807, 2.05) is 0 Å². The Morgan fingerprint density at radius 3 is 1.16 bits per heavy atom. The fourth-order valence-corrected chi connectivity index (χ4v) is 6.74. The van der Waals surface area contributed by atoms with Gasteiger partial charge in [-0.25, -0.2) is 0 Å². The lowest BCUT2D eigenvalue weighted by atomic mass is 10.0. The van der Waals surface area contributed by atoms with Gasteiger partial charge in [0, 0.05) is 13.0 Å². The first-order valence-electron chi connectivity index (χ1n) is 22.3. The molecule has 0 radical (unpaired) electrons. The van der Waals surface area contributed by atoms with Crippen LogP contribution in [0, 0.1) is 0 Å². The fourth-order valence-electron chi connectivity index (χ4n) is 6.74. The lowest BCUT2D eigenvalue weighted by Gasteiger charge is -2.15. The molecule has 0 bridgehead atoms. The van der Waals surface area contributed by atoms with E-state index in [1.165, 1.54) is 205 Å². The van der Waals surface area contributed by atoms with Gasteiger partial charge in [-0.05, 0) is 38.5 Å². The third-order valence-corrected chi connectivity index (χ3v) is 10.1. The molecule has 1 N–H and O–H groups in total. The van der Waals surface area contributed by atoms with Crippen LogP contribution in [0.1, 0.15) is 245 Å². The minimum absolute atomic E-state index is 0.169. The Morgan fingerprint density at radius 2 is 0.796 bits per heavy atom. The van der Waals surface area contributed by atoms with Crippen molar-refractivity contribution in [3.8, 4) is 0 Å². The molecule has 0 aromatic carbocycles. The van der Waals surface area contributed by atoms with E-state index in [-0.39, 0.29) is 12.6 Å². The molecule has 0 heterocycles. The van der Waals surface area contributed by atoms with Crippen LogP contribution in [0.15, 0.2) is 12.2 Å². The largest absolute Gasteiger partial charge is 0.457 e. The first kappa shape index (κ1) is 48.1. The van der Waals surface area contributed by atoms with Gasteiger partial charge in [-0.1, -0.05) is 212 Å². The number of esters is 1. The van der Waals surface area contributed by atoms with Crippen molar-refractivity contribution in [1.82, 2.24) is 0 Å². The summed E-state index contributed by atoms with van der Waals surface area (Å²) >= 11 is 0. The van der Waals surface area contributed by atoms with E-state index in [9.17, 15) is 9.90 Å². The number of carbonyl (C=O) groups excluding carboxylic acids is 1. The minimum atomic E-state index is -0.532. The molecule has 0 saturated heterocycles. The lowest BCUT2D eigenvalue weighted by Crippen LogP contribution is -2.27. The molecule has 0 aromatic heterocycles. The molecule has 0 rings (SSSR count). The Bertz CT molecular complexity index is 648. The Balaban J connectivity index is 3.36. The predicted molar refractivity (Wildman–Crippen MR) is 214 cm³/mol. The zero-order valence-electron chi connectivity index (χ0n) is 33.5. The molecular weight excluding hydrogens is 604 g/mol. The van der Waals surface area contributed by atoms with Crippen molar-refractivity contribution in [2.75, 3.05) is 19.8 Å². The molecule has 1 unspecified atom stereocenters. The molecule has 292 valence electrons. The van der Waals surface area contributed by atoms with E-state index in [0.717, 1.165) is 19.3 Å². The van der Waals surface area contributed by atoms with Gasteiger partial charge in [0.2, 0.25) is 0 Å². The van der Waals surface area contributed by atoms with Crippen LogP contribution >= 0.6 is 0 Å². The number of carbonyl (C=O) groups is 1. The van der Waals surface area contributed by atoms with Gasteiger partial charge < -0.3 is 14.6 Å². The number of hydrogen-bond donors (Lipinski definition) is 1. The number of ether oxygens (including phenoxy) is 2. The average Bonchev–Trinajstić information content (AvgIpc) is 3.11. The molecule has 0 aliphatic rings. The van der Waals surface area contributed by atoms with Crippen molar-refractivity contribution in [3.05, 3.63) is 12.2 Å². The molecule has 0 aromatic rings. The van der Waals surface area contributed by atoms with Gasteiger partial charge in [-0.2, -0.15) is 0 Å². The Morgan fingerprint density at radius 1 is 0.469 bits per heavy atom. The van der Waals surface area contributed by atoms with Crippen molar-refractivity contribution in [2.45, 2.75) is 251 Å². The van der Waals surface area contributed by atoms with Gasteiger partial charge in [0.25, 0.3) is 0 Å². The fraction of sp³-hybridized carbons (Fsp3) is 0.933. The number of aliphatic hydroxyl groups is 1. The normalized spacial score (nSPS) is 12.3. The summed E-state index contributed by atoms with van der Waals surface area (Å²) in [4.78, 5) is 12.2. The molecular formula is C45H88O4. The summed E-state index contributed by atoms with van der Waals surface area (Å²) in [7, 11) is 0. The lowest BCUT2D eigenvalue weighted by molar-refractivity contribution is -0.154. The standard InChI is InChI=1S/C45H88O4/c1-3-5-7-9-11-13-15-17-19-20-21-22-23-24-25-27-29-31-33-35-37-39-41-48-43-44(42-46)49-45(47)40-38-36-34-32-30-28-26-18-16-14-12-10-8-6-4-2/h18,26,44,46H,3-17,19-25,27-43H2,1-2H3/b26-18-. The number of allylic oxidation sites excluding steroid dienone is 2. The second-order valence-corrected chi connectivity index (χ2v) is 15.1. The van der Waals surface area contributed by atoms with E-state index in [2.05, 4.69) is 26.0 Å². The van der Waals surface area contributed by atoms with Crippen LogP contribution in [-0.2, 0) is 14.3 Å². The second-order valence-electron chi connectivity index (χ2n) is 15.1. The first-order valence-corrected chi connectivity index (χ1v) is 22.3. The SMILES string of the molecule is CCCCCCCC/C=C\CCCCCCCC(=O)OC(CO)COCCCCCCCCCCCCCCCCCCCCCCCC. The molecule has 4 heteroatoms. The zero-order chi connectivity index (χ0) is 35.6. The van der Waals surface area contributed by atoms with E-state index in [4.69, 9.17) is 9.47 Å². The predicted octanol–water partition coefficient (Wildman–Crippen LogP) is 14.5. The molecule has 0 amide bonds. The van der Waals surface area contributed by atoms with Gasteiger partial charge >= 0.3 is 5.97 Å². The van der Waals surface area contributed by atoms with Crippen LogP contribution in [0.25, 0.3) is 0 Å². The van der Waals surface area contributed by atoms with Gasteiger partial charge in [0.15, 0.2) is 0 Å². The quantitative estimate of drug-likeness (QED) is 0.0393. The highest BCUT2D eigenvalue weighted by molar-refractivity contribution is 5.69. The van der Waals surface area contributed by atoms with Crippen LogP contribution in [-0.4, -0.2) is 37.0 Å².